The second kappa shape index (κ2) is 9.49. The summed E-state index contributed by atoms with van der Waals surface area (Å²) in [4.78, 5) is 13.6. The Kier molecular flexibility index (Phi) is 7.24. The van der Waals surface area contributed by atoms with Gasteiger partial charge in [0.15, 0.2) is 5.96 Å². The third kappa shape index (κ3) is 5.74. The third-order valence-corrected chi connectivity index (χ3v) is 6.05. The lowest BCUT2D eigenvalue weighted by molar-refractivity contribution is -0.0946. The van der Waals surface area contributed by atoms with E-state index in [0.29, 0.717) is 11.1 Å². The van der Waals surface area contributed by atoms with Crippen molar-refractivity contribution < 1.29 is 4.74 Å². The van der Waals surface area contributed by atoms with Crippen molar-refractivity contribution in [1.82, 2.24) is 20.5 Å². The molecule has 3 heterocycles. The SMILES string of the molecule is CN=C(NCC(C)(C)N1CC(C)OC(C)C1)NC1CCN(c2ncccc2Cl)C1. The summed E-state index contributed by atoms with van der Waals surface area (Å²) in [5, 5.41) is 7.79. The Bertz CT molecular complexity index is 702. The largest absolute Gasteiger partial charge is 0.373 e. The van der Waals surface area contributed by atoms with Gasteiger partial charge in [-0.2, -0.15) is 0 Å². The molecule has 2 fully saturated rings. The number of nitrogens with zero attached hydrogens (tertiary/aromatic N) is 4. The fourth-order valence-corrected chi connectivity index (χ4v) is 4.39. The predicted octanol–water partition coefficient (Wildman–Crippen LogP) is 2.37. The molecule has 0 aliphatic carbocycles. The molecule has 1 aromatic rings. The van der Waals surface area contributed by atoms with Gasteiger partial charge in [-0.15, -0.1) is 0 Å². The normalized spacial score (nSPS) is 26.6. The molecule has 29 heavy (non-hydrogen) atoms. The van der Waals surface area contributed by atoms with E-state index in [0.717, 1.165) is 50.9 Å². The number of nitrogens with one attached hydrogen (secondary N) is 2. The average Bonchev–Trinajstić information content (AvgIpc) is 3.13. The predicted molar refractivity (Wildman–Crippen MR) is 120 cm³/mol. The Balaban J connectivity index is 1.51. The molecule has 0 bridgehead atoms. The lowest BCUT2D eigenvalue weighted by atomic mass is 10.00. The zero-order valence-corrected chi connectivity index (χ0v) is 19.0. The molecule has 0 aromatic carbocycles. The quantitative estimate of drug-likeness (QED) is 0.561. The molecule has 2 N–H and O–H groups in total. The van der Waals surface area contributed by atoms with Crippen LogP contribution < -0.4 is 15.5 Å². The maximum absolute atomic E-state index is 6.31. The van der Waals surface area contributed by atoms with Crippen molar-refractivity contribution in [2.45, 2.75) is 57.9 Å². The van der Waals surface area contributed by atoms with Crippen LogP contribution >= 0.6 is 11.6 Å². The highest BCUT2D eigenvalue weighted by Gasteiger charge is 2.33. The second-order valence-corrected chi connectivity index (χ2v) is 9.19. The Morgan fingerprint density at radius 1 is 1.31 bits per heavy atom. The van der Waals surface area contributed by atoms with Crippen molar-refractivity contribution in [2.24, 2.45) is 4.99 Å². The van der Waals surface area contributed by atoms with E-state index in [-0.39, 0.29) is 17.7 Å². The van der Waals surface area contributed by atoms with E-state index in [9.17, 15) is 0 Å². The van der Waals surface area contributed by atoms with Gasteiger partial charge in [0, 0.05) is 57.5 Å². The summed E-state index contributed by atoms with van der Waals surface area (Å²) in [5.41, 5.74) is 0.00706. The molecule has 2 aliphatic heterocycles. The fourth-order valence-electron chi connectivity index (χ4n) is 4.15. The Hall–Kier alpha value is -1.57. The third-order valence-electron chi connectivity index (χ3n) is 5.76. The molecule has 3 unspecified atom stereocenters. The Labute approximate surface area is 179 Å². The summed E-state index contributed by atoms with van der Waals surface area (Å²) in [7, 11) is 1.82. The van der Waals surface area contributed by atoms with Crippen LogP contribution in [0.4, 0.5) is 5.82 Å². The number of aliphatic imine (C=N–C) groups is 1. The molecule has 0 saturated carbocycles. The van der Waals surface area contributed by atoms with Gasteiger partial charge in [-0.1, -0.05) is 11.6 Å². The summed E-state index contributed by atoms with van der Waals surface area (Å²) in [6.45, 7) is 13.4. The highest BCUT2D eigenvalue weighted by Crippen LogP contribution is 2.26. The van der Waals surface area contributed by atoms with Crippen LogP contribution in [-0.4, -0.2) is 79.4 Å². The Morgan fingerprint density at radius 3 is 2.69 bits per heavy atom. The fraction of sp³-hybridized carbons (Fsp3) is 0.714. The highest BCUT2D eigenvalue weighted by molar-refractivity contribution is 6.32. The maximum Gasteiger partial charge on any atom is 0.191 e. The molecule has 2 saturated heterocycles. The molecule has 162 valence electrons. The number of guanidine groups is 1. The van der Waals surface area contributed by atoms with Crippen LogP contribution in [0, 0.1) is 0 Å². The number of anilines is 1. The lowest BCUT2D eigenvalue weighted by Gasteiger charge is -2.45. The number of rotatable bonds is 5. The zero-order valence-electron chi connectivity index (χ0n) is 18.3. The van der Waals surface area contributed by atoms with Crippen LogP contribution in [0.25, 0.3) is 0 Å². The van der Waals surface area contributed by atoms with E-state index in [1.54, 1.807) is 6.20 Å². The number of hydrogen-bond acceptors (Lipinski definition) is 5. The highest BCUT2D eigenvalue weighted by atomic mass is 35.5. The number of aromatic nitrogens is 1. The van der Waals surface area contributed by atoms with E-state index >= 15 is 0 Å². The first-order chi connectivity index (χ1) is 13.8. The van der Waals surface area contributed by atoms with Crippen LogP contribution in [0.15, 0.2) is 23.3 Å². The number of halogens is 1. The number of morpholine rings is 1. The molecule has 0 radical (unpaired) electrons. The minimum atomic E-state index is 0.00706. The van der Waals surface area contributed by atoms with Gasteiger partial charge in [0.1, 0.15) is 5.82 Å². The molecule has 8 heteroatoms. The standard InChI is InChI=1S/C21H35ClN6O/c1-15-11-28(12-16(2)29-15)21(3,4)14-25-20(23-5)26-17-8-10-27(13-17)19-18(22)7-6-9-24-19/h6-7,9,15-17H,8,10-14H2,1-5H3,(H2,23,25,26). The first-order valence-electron chi connectivity index (χ1n) is 10.5. The van der Waals surface area contributed by atoms with Gasteiger partial charge >= 0.3 is 0 Å². The number of pyridine rings is 1. The number of ether oxygens (including phenoxy) is 1. The van der Waals surface area contributed by atoms with Gasteiger partial charge < -0.3 is 20.3 Å². The van der Waals surface area contributed by atoms with Crippen LogP contribution in [0.2, 0.25) is 5.02 Å². The van der Waals surface area contributed by atoms with Crippen LogP contribution in [0.1, 0.15) is 34.1 Å². The van der Waals surface area contributed by atoms with Crippen LogP contribution in [-0.2, 0) is 4.74 Å². The molecule has 2 aliphatic rings. The average molecular weight is 423 g/mol. The van der Waals surface area contributed by atoms with E-state index in [1.807, 2.05) is 19.2 Å². The van der Waals surface area contributed by atoms with Crippen molar-refractivity contribution in [3.63, 3.8) is 0 Å². The van der Waals surface area contributed by atoms with Gasteiger partial charge in [-0.25, -0.2) is 4.98 Å². The molecular weight excluding hydrogens is 388 g/mol. The first-order valence-corrected chi connectivity index (χ1v) is 10.9. The first kappa shape index (κ1) is 22.1. The smallest absolute Gasteiger partial charge is 0.191 e. The van der Waals surface area contributed by atoms with E-state index < -0.39 is 0 Å². The topological polar surface area (TPSA) is 65.0 Å². The van der Waals surface area contributed by atoms with Gasteiger partial charge in [0.05, 0.1) is 17.2 Å². The number of hydrogen-bond donors (Lipinski definition) is 2. The molecule has 1 aromatic heterocycles. The van der Waals surface area contributed by atoms with E-state index in [1.165, 1.54) is 0 Å². The molecule has 3 rings (SSSR count). The summed E-state index contributed by atoms with van der Waals surface area (Å²) in [6.07, 6.45) is 3.34. The summed E-state index contributed by atoms with van der Waals surface area (Å²) < 4.78 is 5.88. The lowest BCUT2D eigenvalue weighted by Crippen LogP contribution is -2.59. The zero-order chi connectivity index (χ0) is 21.0. The minimum Gasteiger partial charge on any atom is -0.373 e. The van der Waals surface area contributed by atoms with Crippen molar-refractivity contribution in [1.29, 1.82) is 0 Å². The Morgan fingerprint density at radius 2 is 2.03 bits per heavy atom. The second-order valence-electron chi connectivity index (χ2n) is 8.79. The van der Waals surface area contributed by atoms with Crippen molar-refractivity contribution in [2.75, 3.05) is 44.7 Å². The summed E-state index contributed by atoms with van der Waals surface area (Å²) >= 11 is 6.31. The molecule has 3 atom stereocenters. The van der Waals surface area contributed by atoms with Gasteiger partial charge in [0.25, 0.3) is 0 Å². The summed E-state index contributed by atoms with van der Waals surface area (Å²) in [6, 6.07) is 4.06. The molecule has 7 nitrogen and oxygen atoms in total. The van der Waals surface area contributed by atoms with Crippen LogP contribution in [0.5, 0.6) is 0 Å². The molecule has 0 amide bonds. The molecule has 0 spiro atoms. The summed E-state index contributed by atoms with van der Waals surface area (Å²) in [5.74, 6) is 1.70. The van der Waals surface area contributed by atoms with E-state index in [4.69, 9.17) is 16.3 Å². The van der Waals surface area contributed by atoms with Crippen molar-refractivity contribution in [3.8, 4) is 0 Å². The van der Waals surface area contributed by atoms with Crippen LogP contribution in [0.3, 0.4) is 0 Å². The van der Waals surface area contributed by atoms with Gasteiger partial charge in [-0.3, -0.25) is 9.89 Å². The monoisotopic (exact) mass is 422 g/mol. The van der Waals surface area contributed by atoms with Crippen molar-refractivity contribution in [3.05, 3.63) is 23.4 Å². The van der Waals surface area contributed by atoms with Gasteiger partial charge in [0.2, 0.25) is 0 Å². The minimum absolute atomic E-state index is 0.00706. The van der Waals surface area contributed by atoms with Gasteiger partial charge in [-0.05, 0) is 46.2 Å². The van der Waals surface area contributed by atoms with E-state index in [2.05, 4.69) is 58.1 Å². The van der Waals surface area contributed by atoms with Crippen molar-refractivity contribution >= 4 is 23.4 Å². The maximum atomic E-state index is 6.31. The molecular formula is C21H35ClN6O.